The van der Waals surface area contributed by atoms with Crippen LogP contribution >= 0.6 is 0 Å². The summed E-state index contributed by atoms with van der Waals surface area (Å²) in [5.41, 5.74) is 1.44. The molecule has 0 spiro atoms. The number of nitrogens with zero attached hydrogens (tertiary/aromatic N) is 2. The van der Waals surface area contributed by atoms with E-state index in [0.29, 0.717) is 31.7 Å². The minimum atomic E-state index is -0.0777. The predicted molar refractivity (Wildman–Crippen MR) is 83.2 cm³/mol. The minimum absolute atomic E-state index is 0.0777. The van der Waals surface area contributed by atoms with Gasteiger partial charge in [-0.15, -0.1) is 0 Å². The summed E-state index contributed by atoms with van der Waals surface area (Å²) in [6.45, 7) is 5.40. The number of carbonyl (C=O) groups is 1. The summed E-state index contributed by atoms with van der Waals surface area (Å²) in [5, 5.41) is 12.0. The normalized spacial score (nSPS) is 10.2. The molecule has 1 N–H and O–H groups in total. The molecule has 21 heavy (non-hydrogen) atoms. The number of nitriles is 1. The van der Waals surface area contributed by atoms with Gasteiger partial charge in [0.15, 0.2) is 0 Å². The number of para-hydroxylation sites is 1. The topological polar surface area (TPSA) is 65.4 Å². The second-order valence-corrected chi connectivity index (χ2v) is 5.04. The van der Waals surface area contributed by atoms with Crippen molar-refractivity contribution in [2.45, 2.75) is 26.3 Å². The van der Waals surface area contributed by atoms with Crippen LogP contribution in [0.15, 0.2) is 24.3 Å². The van der Waals surface area contributed by atoms with Gasteiger partial charge in [0.1, 0.15) is 0 Å². The molecule has 1 aromatic carbocycles. The third-order valence-electron chi connectivity index (χ3n) is 2.95. The van der Waals surface area contributed by atoms with Crippen LogP contribution in [-0.4, -0.2) is 43.7 Å². The molecule has 0 radical (unpaired) electrons. The molecule has 0 atom stereocenters. The van der Waals surface area contributed by atoms with Crippen LogP contribution in [-0.2, 0) is 4.74 Å². The molecule has 0 bridgehead atoms. The third-order valence-corrected chi connectivity index (χ3v) is 2.95. The highest BCUT2D eigenvalue weighted by Gasteiger charge is 2.18. The van der Waals surface area contributed by atoms with Crippen LogP contribution in [0.25, 0.3) is 0 Å². The molecule has 1 aromatic rings. The Morgan fingerprint density at radius 3 is 2.71 bits per heavy atom. The van der Waals surface area contributed by atoms with Gasteiger partial charge in [0, 0.05) is 31.9 Å². The van der Waals surface area contributed by atoms with Crippen molar-refractivity contribution in [2.75, 3.05) is 32.1 Å². The first-order valence-electron chi connectivity index (χ1n) is 7.10. The average Bonchev–Trinajstić information content (AvgIpc) is 2.47. The molecule has 0 unspecified atom stereocenters. The van der Waals surface area contributed by atoms with Crippen LogP contribution in [0.2, 0.25) is 0 Å². The Hall–Kier alpha value is -2.06. The molecule has 0 aliphatic heterocycles. The molecule has 0 aliphatic rings. The van der Waals surface area contributed by atoms with Gasteiger partial charge in [-0.05, 0) is 26.0 Å². The largest absolute Gasteiger partial charge is 0.383 e. The zero-order valence-electron chi connectivity index (χ0n) is 12.9. The molecule has 1 amide bonds. The number of ether oxygens (including phenoxy) is 1. The van der Waals surface area contributed by atoms with Gasteiger partial charge in [0.05, 0.1) is 24.7 Å². The van der Waals surface area contributed by atoms with Crippen LogP contribution in [0.3, 0.4) is 0 Å². The molecule has 0 aliphatic carbocycles. The summed E-state index contributed by atoms with van der Waals surface area (Å²) >= 11 is 0. The van der Waals surface area contributed by atoms with E-state index in [9.17, 15) is 4.79 Å². The highest BCUT2D eigenvalue weighted by Crippen LogP contribution is 2.18. The second kappa shape index (κ2) is 8.98. The zero-order chi connectivity index (χ0) is 15.7. The summed E-state index contributed by atoms with van der Waals surface area (Å²) in [5.74, 6) is -0.0777. The molecule has 1 rings (SSSR count). The molecule has 0 saturated heterocycles. The summed E-state index contributed by atoms with van der Waals surface area (Å²) in [6.07, 6.45) is 0.315. The van der Waals surface area contributed by atoms with Gasteiger partial charge in [0.25, 0.3) is 5.91 Å². The van der Waals surface area contributed by atoms with E-state index < -0.39 is 0 Å². The Morgan fingerprint density at radius 1 is 1.38 bits per heavy atom. The highest BCUT2D eigenvalue weighted by molar-refractivity contribution is 5.99. The minimum Gasteiger partial charge on any atom is -0.383 e. The maximum absolute atomic E-state index is 12.7. The van der Waals surface area contributed by atoms with E-state index in [4.69, 9.17) is 10.00 Å². The number of methoxy groups -OCH3 is 1. The monoisotopic (exact) mass is 289 g/mol. The van der Waals surface area contributed by atoms with Crippen molar-refractivity contribution >= 4 is 11.6 Å². The lowest BCUT2D eigenvalue weighted by molar-refractivity contribution is 0.0701. The van der Waals surface area contributed by atoms with E-state index in [1.165, 1.54) is 0 Å². The molecule has 0 heterocycles. The van der Waals surface area contributed by atoms with Gasteiger partial charge >= 0.3 is 0 Å². The van der Waals surface area contributed by atoms with Crippen molar-refractivity contribution in [3.8, 4) is 6.07 Å². The van der Waals surface area contributed by atoms with Crippen molar-refractivity contribution < 1.29 is 9.53 Å². The van der Waals surface area contributed by atoms with Crippen LogP contribution in [0.5, 0.6) is 0 Å². The van der Waals surface area contributed by atoms with Gasteiger partial charge in [-0.3, -0.25) is 4.79 Å². The number of anilines is 1. The zero-order valence-corrected chi connectivity index (χ0v) is 12.9. The number of rotatable bonds is 8. The number of nitrogens with one attached hydrogen (secondary N) is 1. The van der Waals surface area contributed by atoms with Crippen molar-refractivity contribution in [1.82, 2.24) is 4.90 Å². The Morgan fingerprint density at radius 2 is 2.10 bits per heavy atom. The van der Waals surface area contributed by atoms with E-state index in [2.05, 4.69) is 11.4 Å². The Bertz CT molecular complexity index is 495. The number of carbonyl (C=O) groups excluding carboxylic acids is 1. The van der Waals surface area contributed by atoms with Crippen LogP contribution in [0.4, 0.5) is 5.69 Å². The molecule has 5 heteroatoms. The van der Waals surface area contributed by atoms with Crippen LogP contribution in [0.1, 0.15) is 30.6 Å². The molecule has 5 nitrogen and oxygen atoms in total. The van der Waals surface area contributed by atoms with Crippen LogP contribution in [0, 0.1) is 11.3 Å². The average molecular weight is 289 g/mol. The van der Waals surface area contributed by atoms with Gasteiger partial charge in [-0.1, -0.05) is 12.1 Å². The maximum atomic E-state index is 12.7. The fraction of sp³-hybridized carbons (Fsp3) is 0.500. The van der Waals surface area contributed by atoms with Crippen molar-refractivity contribution in [3.05, 3.63) is 29.8 Å². The number of hydrogen-bond donors (Lipinski definition) is 1. The van der Waals surface area contributed by atoms with E-state index >= 15 is 0 Å². The van der Waals surface area contributed by atoms with Gasteiger partial charge < -0.3 is 15.0 Å². The van der Waals surface area contributed by atoms with Gasteiger partial charge in [-0.25, -0.2) is 0 Å². The number of amides is 1. The van der Waals surface area contributed by atoms with E-state index in [-0.39, 0.29) is 11.9 Å². The lowest BCUT2D eigenvalue weighted by Gasteiger charge is -2.23. The summed E-state index contributed by atoms with van der Waals surface area (Å²) < 4.78 is 5.04. The number of benzene rings is 1. The SMILES string of the molecule is COCCN(CCC#N)C(=O)c1ccccc1NC(C)C. The van der Waals surface area contributed by atoms with Crippen molar-refractivity contribution in [1.29, 1.82) is 5.26 Å². The molecule has 114 valence electrons. The first kappa shape index (κ1) is 17.0. The lowest BCUT2D eigenvalue weighted by atomic mass is 10.1. The molecule has 0 fully saturated rings. The summed E-state index contributed by atoms with van der Waals surface area (Å²) in [6, 6.07) is 9.76. The fourth-order valence-electron chi connectivity index (χ4n) is 1.98. The molecular weight excluding hydrogens is 266 g/mol. The predicted octanol–water partition coefficient (Wildman–Crippen LogP) is 2.51. The lowest BCUT2D eigenvalue weighted by Crippen LogP contribution is -2.35. The van der Waals surface area contributed by atoms with Gasteiger partial charge in [-0.2, -0.15) is 5.26 Å². The van der Waals surface area contributed by atoms with E-state index in [0.717, 1.165) is 5.69 Å². The molecule has 0 aromatic heterocycles. The summed E-state index contributed by atoms with van der Waals surface area (Å²) in [4.78, 5) is 14.3. The van der Waals surface area contributed by atoms with Gasteiger partial charge in [0.2, 0.25) is 0 Å². The van der Waals surface area contributed by atoms with Crippen molar-refractivity contribution in [3.63, 3.8) is 0 Å². The Labute approximate surface area is 126 Å². The van der Waals surface area contributed by atoms with E-state index in [1.54, 1.807) is 18.1 Å². The first-order chi connectivity index (χ1) is 10.1. The van der Waals surface area contributed by atoms with Crippen molar-refractivity contribution in [2.24, 2.45) is 0 Å². The molecule has 0 saturated carbocycles. The maximum Gasteiger partial charge on any atom is 0.256 e. The summed E-state index contributed by atoms with van der Waals surface area (Å²) in [7, 11) is 1.60. The molecular formula is C16H23N3O2. The Kier molecular flexibility index (Phi) is 7.27. The highest BCUT2D eigenvalue weighted by atomic mass is 16.5. The van der Waals surface area contributed by atoms with E-state index in [1.807, 2.05) is 32.0 Å². The van der Waals surface area contributed by atoms with Crippen LogP contribution < -0.4 is 5.32 Å². The Balaban J connectivity index is 2.94. The number of hydrogen-bond acceptors (Lipinski definition) is 4. The first-order valence-corrected chi connectivity index (χ1v) is 7.10. The quantitative estimate of drug-likeness (QED) is 0.798. The fourth-order valence-corrected chi connectivity index (χ4v) is 1.98. The third kappa shape index (κ3) is 5.44. The standard InChI is InChI=1S/C16H23N3O2/c1-13(2)18-15-8-5-4-7-14(15)16(20)19(10-6-9-17)11-12-21-3/h4-5,7-8,13,18H,6,10-12H2,1-3H3. The second-order valence-electron chi connectivity index (χ2n) is 5.04. The smallest absolute Gasteiger partial charge is 0.256 e.